The predicted octanol–water partition coefficient (Wildman–Crippen LogP) is -1.61. The van der Waals surface area contributed by atoms with E-state index < -0.39 is 23.5 Å². The van der Waals surface area contributed by atoms with Crippen LogP contribution in [0.25, 0.3) is 0 Å². The van der Waals surface area contributed by atoms with Crippen LogP contribution in [0.15, 0.2) is 0 Å². The van der Waals surface area contributed by atoms with Gasteiger partial charge in [-0.1, -0.05) is 12.2 Å². The summed E-state index contributed by atoms with van der Waals surface area (Å²) in [6, 6.07) is 0. The van der Waals surface area contributed by atoms with Crippen molar-refractivity contribution in [1.82, 2.24) is 10.2 Å². The van der Waals surface area contributed by atoms with Crippen LogP contribution in [0.1, 0.15) is 13.8 Å². The average molecular weight is 289 g/mol. The molecule has 0 radical (unpaired) electrons. The minimum atomic E-state index is -0.762. The zero-order chi connectivity index (χ0) is 14.6. The molecule has 19 heavy (non-hydrogen) atoms. The molecule has 0 spiro atoms. The summed E-state index contributed by atoms with van der Waals surface area (Å²) in [7, 11) is 0. The van der Waals surface area contributed by atoms with Crippen molar-refractivity contribution in [3.8, 4) is 0 Å². The topological polar surface area (TPSA) is 105 Å². The number of amides is 2. The molecule has 2 amide bonds. The molecule has 8 heteroatoms. The Balaban J connectivity index is 2.64. The molecule has 0 aromatic carbocycles. The molecule has 0 aromatic rings. The molecular formula is C11H19N3O4S. The number of ether oxygens (including phenoxy) is 1. The summed E-state index contributed by atoms with van der Waals surface area (Å²) in [6.07, 6.45) is -0.490. The highest BCUT2D eigenvalue weighted by molar-refractivity contribution is 7.80. The normalized spacial score (nSPS) is 21.8. The van der Waals surface area contributed by atoms with Crippen molar-refractivity contribution in [3.63, 3.8) is 0 Å². The molecular weight excluding hydrogens is 270 g/mol. The first-order chi connectivity index (χ1) is 8.75. The van der Waals surface area contributed by atoms with Crippen LogP contribution in [0, 0.1) is 0 Å². The van der Waals surface area contributed by atoms with E-state index in [4.69, 9.17) is 15.6 Å². The first-order valence-electron chi connectivity index (χ1n) is 5.89. The van der Waals surface area contributed by atoms with Gasteiger partial charge in [0.05, 0.1) is 29.8 Å². The van der Waals surface area contributed by atoms with E-state index in [1.807, 2.05) is 0 Å². The van der Waals surface area contributed by atoms with Crippen molar-refractivity contribution in [2.75, 3.05) is 26.2 Å². The van der Waals surface area contributed by atoms with E-state index in [9.17, 15) is 9.59 Å². The van der Waals surface area contributed by atoms with Crippen molar-refractivity contribution in [2.45, 2.75) is 25.6 Å². The van der Waals surface area contributed by atoms with Crippen LogP contribution in [0.5, 0.6) is 0 Å². The van der Waals surface area contributed by atoms with Crippen molar-refractivity contribution in [1.29, 1.82) is 0 Å². The number of carbonyl (C=O) groups is 2. The molecule has 0 aliphatic carbocycles. The Labute approximate surface area is 117 Å². The van der Waals surface area contributed by atoms with Crippen LogP contribution in [0.4, 0.5) is 0 Å². The summed E-state index contributed by atoms with van der Waals surface area (Å²) >= 11 is 4.62. The molecule has 1 rings (SSSR count). The fourth-order valence-electron chi connectivity index (χ4n) is 1.93. The van der Waals surface area contributed by atoms with Gasteiger partial charge in [-0.25, -0.2) is 0 Å². The van der Waals surface area contributed by atoms with Crippen LogP contribution >= 0.6 is 12.2 Å². The molecule has 7 nitrogen and oxygen atoms in total. The molecule has 0 saturated carbocycles. The van der Waals surface area contributed by atoms with Gasteiger partial charge in [-0.15, -0.1) is 0 Å². The fraction of sp³-hybridized carbons (Fsp3) is 0.727. The third-order valence-electron chi connectivity index (χ3n) is 2.59. The van der Waals surface area contributed by atoms with Gasteiger partial charge in [0, 0.05) is 13.1 Å². The molecule has 4 N–H and O–H groups in total. The SMILES string of the molecule is CC1(C)CN(C(=O)C(=O)NCC(N)=S)CC(CO)O1. The Morgan fingerprint density at radius 3 is 2.74 bits per heavy atom. The summed E-state index contributed by atoms with van der Waals surface area (Å²) in [4.78, 5) is 25.1. The highest BCUT2D eigenvalue weighted by Gasteiger charge is 2.37. The number of hydrogen-bond donors (Lipinski definition) is 3. The van der Waals surface area contributed by atoms with Crippen LogP contribution in [-0.2, 0) is 14.3 Å². The molecule has 1 atom stereocenters. The first kappa shape index (κ1) is 15.8. The van der Waals surface area contributed by atoms with E-state index in [1.54, 1.807) is 13.8 Å². The molecule has 1 saturated heterocycles. The smallest absolute Gasteiger partial charge is 0.312 e. The van der Waals surface area contributed by atoms with Crippen molar-refractivity contribution in [3.05, 3.63) is 0 Å². The standard InChI is InChI=1S/C11H19N3O4S/c1-11(2)6-14(4-7(5-15)18-11)10(17)9(16)13-3-8(12)19/h7,15H,3-6H2,1-2H3,(H2,12,19)(H,13,16). The number of nitrogens with one attached hydrogen (secondary N) is 1. The number of aliphatic hydroxyl groups is 1. The number of carbonyl (C=O) groups excluding carboxylic acids is 2. The second kappa shape index (κ2) is 6.27. The van der Waals surface area contributed by atoms with E-state index in [0.29, 0.717) is 0 Å². The summed E-state index contributed by atoms with van der Waals surface area (Å²) in [5.41, 5.74) is 4.64. The summed E-state index contributed by atoms with van der Waals surface area (Å²) < 4.78 is 5.56. The number of rotatable bonds is 3. The number of nitrogens with zero attached hydrogens (tertiary/aromatic N) is 1. The van der Waals surface area contributed by atoms with Gasteiger partial charge in [-0.2, -0.15) is 0 Å². The summed E-state index contributed by atoms with van der Waals surface area (Å²) in [5, 5.41) is 11.5. The van der Waals surface area contributed by atoms with Gasteiger partial charge < -0.3 is 25.8 Å². The zero-order valence-corrected chi connectivity index (χ0v) is 11.8. The van der Waals surface area contributed by atoms with Gasteiger partial charge >= 0.3 is 11.8 Å². The van der Waals surface area contributed by atoms with Crippen molar-refractivity contribution >= 4 is 29.0 Å². The minimum absolute atomic E-state index is 0.0168. The minimum Gasteiger partial charge on any atom is -0.394 e. The molecule has 1 unspecified atom stereocenters. The van der Waals surface area contributed by atoms with Gasteiger partial charge in [0.2, 0.25) is 0 Å². The predicted molar refractivity (Wildman–Crippen MR) is 72.4 cm³/mol. The zero-order valence-electron chi connectivity index (χ0n) is 11.0. The van der Waals surface area contributed by atoms with Crippen LogP contribution < -0.4 is 11.1 Å². The van der Waals surface area contributed by atoms with Gasteiger partial charge in [0.25, 0.3) is 0 Å². The van der Waals surface area contributed by atoms with Gasteiger partial charge in [0.15, 0.2) is 0 Å². The maximum Gasteiger partial charge on any atom is 0.312 e. The lowest BCUT2D eigenvalue weighted by Crippen LogP contribution is -2.58. The highest BCUT2D eigenvalue weighted by Crippen LogP contribution is 2.20. The Morgan fingerprint density at radius 1 is 1.58 bits per heavy atom. The molecule has 1 aliphatic rings. The number of aliphatic hydroxyl groups excluding tert-OH is 1. The first-order valence-corrected chi connectivity index (χ1v) is 6.30. The van der Waals surface area contributed by atoms with Gasteiger partial charge in [-0.05, 0) is 13.8 Å². The van der Waals surface area contributed by atoms with E-state index >= 15 is 0 Å². The molecule has 1 aliphatic heterocycles. The molecule has 1 fully saturated rings. The molecule has 1 heterocycles. The van der Waals surface area contributed by atoms with Crippen LogP contribution in [-0.4, -0.2) is 64.8 Å². The van der Waals surface area contributed by atoms with Crippen LogP contribution in [0.2, 0.25) is 0 Å². The maximum absolute atomic E-state index is 12.0. The molecule has 0 aromatic heterocycles. The van der Waals surface area contributed by atoms with Crippen molar-refractivity contribution < 1.29 is 19.4 Å². The summed E-state index contributed by atoms with van der Waals surface area (Å²) in [5.74, 6) is -1.44. The molecule has 108 valence electrons. The maximum atomic E-state index is 12.0. The summed E-state index contributed by atoms with van der Waals surface area (Å²) in [6.45, 7) is 3.82. The Bertz CT molecular complexity index is 386. The molecule has 0 bridgehead atoms. The average Bonchev–Trinajstić information content (AvgIpc) is 2.32. The highest BCUT2D eigenvalue weighted by atomic mass is 32.1. The van der Waals surface area contributed by atoms with E-state index in [0.717, 1.165) is 0 Å². The van der Waals surface area contributed by atoms with Crippen LogP contribution in [0.3, 0.4) is 0 Å². The lowest BCUT2D eigenvalue weighted by Gasteiger charge is -2.41. The van der Waals surface area contributed by atoms with Gasteiger partial charge in [-0.3, -0.25) is 9.59 Å². The van der Waals surface area contributed by atoms with E-state index in [1.165, 1.54) is 4.90 Å². The van der Waals surface area contributed by atoms with E-state index in [2.05, 4.69) is 17.5 Å². The number of hydrogen-bond acceptors (Lipinski definition) is 5. The van der Waals surface area contributed by atoms with E-state index in [-0.39, 0.29) is 31.2 Å². The number of thiocarbonyl (C=S) groups is 1. The third kappa shape index (κ3) is 4.73. The lowest BCUT2D eigenvalue weighted by atomic mass is 10.1. The fourth-order valence-corrected chi connectivity index (χ4v) is 2.00. The Hall–Kier alpha value is -1.25. The monoisotopic (exact) mass is 289 g/mol. The second-order valence-corrected chi connectivity index (χ2v) is 5.54. The Morgan fingerprint density at radius 2 is 2.21 bits per heavy atom. The quantitative estimate of drug-likeness (QED) is 0.426. The lowest BCUT2D eigenvalue weighted by molar-refractivity contribution is -0.170. The number of morpholine rings is 1. The second-order valence-electron chi connectivity index (χ2n) is 5.02. The number of nitrogens with two attached hydrogens (primary N) is 1. The van der Waals surface area contributed by atoms with Crippen molar-refractivity contribution in [2.24, 2.45) is 5.73 Å². The largest absolute Gasteiger partial charge is 0.394 e. The van der Waals surface area contributed by atoms with Gasteiger partial charge in [0.1, 0.15) is 0 Å². The Kier molecular flexibility index (Phi) is 5.21. The third-order valence-corrected chi connectivity index (χ3v) is 2.73.